The van der Waals surface area contributed by atoms with Crippen LogP contribution in [-0.2, 0) is 5.54 Å². The highest BCUT2D eigenvalue weighted by atomic mass is 16.5. The number of hydrogen-bond donors (Lipinski definition) is 2. The van der Waals surface area contributed by atoms with Gasteiger partial charge in [0.1, 0.15) is 23.4 Å². The first kappa shape index (κ1) is 26.4. The minimum atomic E-state index is -0.373. The van der Waals surface area contributed by atoms with Gasteiger partial charge in [-0.25, -0.2) is 4.79 Å². The van der Waals surface area contributed by atoms with Crippen LogP contribution in [0.15, 0.2) is 72.8 Å². The Kier molecular flexibility index (Phi) is 7.62. The van der Waals surface area contributed by atoms with Crippen LogP contribution in [0.2, 0.25) is 0 Å². The van der Waals surface area contributed by atoms with Crippen LogP contribution in [0.25, 0.3) is 0 Å². The Morgan fingerprint density at radius 3 is 2.44 bits per heavy atom. The maximum absolute atomic E-state index is 12.2. The number of nitrogens with two attached hydrogens (primary N) is 1. The van der Waals surface area contributed by atoms with Gasteiger partial charge in [-0.3, -0.25) is 4.90 Å². The summed E-state index contributed by atoms with van der Waals surface area (Å²) in [6, 6.07) is 24.4. The molecule has 2 fully saturated rings. The van der Waals surface area contributed by atoms with Gasteiger partial charge in [0.25, 0.3) is 0 Å². The fraction of sp³-hybridized carbons (Fsp3) is 0.355. The van der Waals surface area contributed by atoms with E-state index in [0.717, 1.165) is 43.5 Å². The van der Waals surface area contributed by atoms with Gasteiger partial charge in [-0.1, -0.05) is 24.3 Å². The zero-order valence-electron chi connectivity index (χ0n) is 22.1. The normalized spacial score (nSPS) is 21.2. The van der Waals surface area contributed by atoms with E-state index in [1.54, 1.807) is 36.3 Å². The summed E-state index contributed by atoms with van der Waals surface area (Å²) < 4.78 is 11.8. The van der Waals surface area contributed by atoms with E-state index in [1.807, 2.05) is 36.4 Å². The first-order valence-corrected chi connectivity index (χ1v) is 13.3. The molecule has 2 heterocycles. The maximum Gasteiger partial charge on any atom is 0.314 e. The molecule has 2 saturated heterocycles. The lowest BCUT2D eigenvalue weighted by Crippen LogP contribution is -2.61. The number of fused-ring (bicyclic) bond motifs is 2. The number of ether oxygens (including phenoxy) is 2. The summed E-state index contributed by atoms with van der Waals surface area (Å²) in [7, 11) is 1.66. The van der Waals surface area contributed by atoms with E-state index in [2.05, 4.69) is 23.1 Å². The van der Waals surface area contributed by atoms with E-state index >= 15 is 0 Å². The van der Waals surface area contributed by atoms with Crippen molar-refractivity contribution in [1.82, 2.24) is 9.80 Å². The first-order chi connectivity index (χ1) is 18.9. The number of likely N-dealkylation sites (tertiary alicyclic amines) is 1. The SMILES string of the molecule is COc1ccc(C23CCC(CN(C(N)=O)C2)N3CCCC(Oc2ccc(O)cc2)c2ccc(C#N)cc2)cc1. The molecule has 2 aliphatic heterocycles. The molecular formula is C31H34N4O4. The van der Waals surface area contributed by atoms with Crippen molar-refractivity contribution >= 4 is 6.03 Å². The molecule has 8 heteroatoms. The second-order valence-corrected chi connectivity index (χ2v) is 10.3. The van der Waals surface area contributed by atoms with E-state index in [9.17, 15) is 15.2 Å². The third-order valence-corrected chi connectivity index (χ3v) is 8.10. The van der Waals surface area contributed by atoms with Crippen molar-refractivity contribution in [2.24, 2.45) is 5.73 Å². The van der Waals surface area contributed by atoms with Crippen LogP contribution in [-0.4, -0.2) is 53.7 Å². The molecule has 3 atom stereocenters. The number of carbonyl (C=O) groups excluding carboxylic acids is 1. The molecule has 5 rings (SSSR count). The fourth-order valence-electron chi connectivity index (χ4n) is 6.12. The number of nitriles is 1. The van der Waals surface area contributed by atoms with E-state index in [0.29, 0.717) is 24.4 Å². The second-order valence-electron chi connectivity index (χ2n) is 10.3. The molecule has 202 valence electrons. The molecule has 0 saturated carbocycles. The van der Waals surface area contributed by atoms with Gasteiger partial charge in [0.15, 0.2) is 0 Å². The van der Waals surface area contributed by atoms with Crippen LogP contribution in [0.1, 0.15) is 48.5 Å². The quantitative estimate of drug-likeness (QED) is 0.409. The number of piperazine rings is 1. The Hall–Kier alpha value is -4.22. The molecule has 0 aromatic heterocycles. The Labute approximate surface area is 229 Å². The summed E-state index contributed by atoms with van der Waals surface area (Å²) in [6.45, 7) is 2.04. The lowest BCUT2D eigenvalue weighted by molar-refractivity contribution is 0.0113. The second kappa shape index (κ2) is 11.3. The summed E-state index contributed by atoms with van der Waals surface area (Å²) >= 11 is 0. The molecule has 0 radical (unpaired) electrons. The molecule has 3 aromatic rings. The highest BCUT2D eigenvalue weighted by molar-refractivity contribution is 5.72. The zero-order valence-corrected chi connectivity index (χ0v) is 22.1. The number of hydrogen-bond acceptors (Lipinski definition) is 6. The Balaban J connectivity index is 1.36. The Bertz CT molecular complexity index is 1320. The van der Waals surface area contributed by atoms with Gasteiger partial charge in [0.2, 0.25) is 0 Å². The van der Waals surface area contributed by atoms with Crippen molar-refractivity contribution in [2.75, 3.05) is 26.7 Å². The predicted molar refractivity (Wildman–Crippen MR) is 147 cm³/mol. The van der Waals surface area contributed by atoms with Crippen molar-refractivity contribution in [2.45, 2.75) is 43.4 Å². The largest absolute Gasteiger partial charge is 0.508 e. The Morgan fingerprint density at radius 2 is 1.79 bits per heavy atom. The number of rotatable bonds is 9. The number of nitrogens with zero attached hydrogens (tertiary/aromatic N) is 3. The molecule has 2 amide bonds. The van der Waals surface area contributed by atoms with Gasteiger partial charge in [-0.05, 0) is 91.9 Å². The van der Waals surface area contributed by atoms with Crippen LogP contribution in [0, 0.1) is 11.3 Å². The van der Waals surface area contributed by atoms with Crippen molar-refractivity contribution in [3.8, 4) is 23.3 Å². The van der Waals surface area contributed by atoms with Crippen molar-refractivity contribution in [3.63, 3.8) is 0 Å². The number of urea groups is 1. The average Bonchev–Trinajstić information content (AvgIpc) is 3.17. The lowest BCUT2D eigenvalue weighted by atomic mass is 9.85. The van der Waals surface area contributed by atoms with E-state index in [4.69, 9.17) is 15.2 Å². The van der Waals surface area contributed by atoms with E-state index in [-0.39, 0.29) is 29.5 Å². The summed E-state index contributed by atoms with van der Waals surface area (Å²) in [5, 5.41) is 18.9. The topological polar surface area (TPSA) is 112 Å². The summed E-state index contributed by atoms with van der Waals surface area (Å²) in [6.07, 6.45) is 3.36. The third kappa shape index (κ3) is 5.50. The molecule has 2 bridgehead atoms. The van der Waals surface area contributed by atoms with Gasteiger partial charge in [0.05, 0.1) is 24.3 Å². The van der Waals surface area contributed by atoms with Gasteiger partial charge in [-0.15, -0.1) is 0 Å². The molecule has 3 aromatic carbocycles. The molecular weight excluding hydrogens is 492 g/mol. The minimum absolute atomic E-state index is 0.187. The number of phenolic OH excluding ortho intramolecular Hbond substituents is 1. The van der Waals surface area contributed by atoms with Crippen LogP contribution in [0.3, 0.4) is 0 Å². The fourth-order valence-corrected chi connectivity index (χ4v) is 6.12. The monoisotopic (exact) mass is 526 g/mol. The van der Waals surface area contributed by atoms with Gasteiger partial charge in [-0.2, -0.15) is 5.26 Å². The molecule has 2 aliphatic rings. The summed E-state index contributed by atoms with van der Waals surface area (Å²) in [5.41, 5.74) is 8.22. The highest BCUT2D eigenvalue weighted by Gasteiger charge is 2.52. The minimum Gasteiger partial charge on any atom is -0.508 e. The molecule has 3 unspecified atom stereocenters. The predicted octanol–water partition coefficient (Wildman–Crippen LogP) is 4.93. The van der Waals surface area contributed by atoms with Crippen LogP contribution in [0.4, 0.5) is 4.79 Å². The standard InChI is InChI=1S/C31H34N4O4/c1-38-27-12-8-24(9-13-27)31-17-16-25(20-34(21-31)30(33)37)35(31)18-2-3-29(23-6-4-22(19-32)5-7-23)39-28-14-10-26(36)11-15-28/h4-15,25,29,36H,2-3,16-18,20-21H2,1H3,(H2,33,37). The van der Waals surface area contributed by atoms with Gasteiger partial charge < -0.3 is 25.2 Å². The number of aromatic hydroxyl groups is 1. The third-order valence-electron chi connectivity index (χ3n) is 8.10. The number of primary amides is 1. The van der Waals surface area contributed by atoms with E-state index in [1.165, 1.54) is 5.56 Å². The van der Waals surface area contributed by atoms with Gasteiger partial charge >= 0.3 is 6.03 Å². The van der Waals surface area contributed by atoms with Crippen molar-refractivity contribution in [3.05, 3.63) is 89.5 Å². The van der Waals surface area contributed by atoms with Crippen LogP contribution < -0.4 is 15.2 Å². The van der Waals surface area contributed by atoms with Crippen molar-refractivity contribution < 1.29 is 19.4 Å². The van der Waals surface area contributed by atoms with Crippen LogP contribution >= 0.6 is 0 Å². The van der Waals surface area contributed by atoms with Crippen molar-refractivity contribution in [1.29, 1.82) is 5.26 Å². The molecule has 8 nitrogen and oxygen atoms in total. The highest BCUT2D eigenvalue weighted by Crippen LogP contribution is 2.46. The zero-order chi connectivity index (χ0) is 27.4. The van der Waals surface area contributed by atoms with Crippen LogP contribution in [0.5, 0.6) is 17.2 Å². The van der Waals surface area contributed by atoms with Gasteiger partial charge in [0, 0.05) is 19.1 Å². The smallest absolute Gasteiger partial charge is 0.314 e. The molecule has 0 aliphatic carbocycles. The summed E-state index contributed by atoms with van der Waals surface area (Å²) in [5.74, 6) is 1.66. The number of carbonyl (C=O) groups is 1. The number of methoxy groups -OCH3 is 1. The maximum atomic E-state index is 12.2. The Morgan fingerprint density at radius 1 is 1.10 bits per heavy atom. The molecule has 39 heavy (non-hydrogen) atoms. The lowest BCUT2D eigenvalue weighted by Gasteiger charge is -2.49. The average molecular weight is 527 g/mol. The van der Waals surface area contributed by atoms with E-state index < -0.39 is 0 Å². The molecule has 3 N–H and O–H groups in total. The number of amides is 2. The number of phenols is 1. The first-order valence-electron chi connectivity index (χ1n) is 13.3. The number of benzene rings is 3. The summed E-state index contributed by atoms with van der Waals surface area (Å²) in [4.78, 5) is 16.6. The molecule has 0 spiro atoms.